The van der Waals surface area contributed by atoms with Gasteiger partial charge in [-0.15, -0.1) is 0 Å². The van der Waals surface area contributed by atoms with Crippen LogP contribution >= 0.6 is 15.9 Å². The predicted octanol–water partition coefficient (Wildman–Crippen LogP) is 4.28. The van der Waals surface area contributed by atoms with E-state index in [1.54, 1.807) is 7.11 Å². The highest BCUT2D eigenvalue weighted by molar-refractivity contribution is 9.10. The molecule has 2 rings (SSSR count). The normalized spacial score (nSPS) is 25.8. The lowest BCUT2D eigenvalue weighted by Gasteiger charge is -2.31. The van der Waals surface area contributed by atoms with E-state index < -0.39 is 0 Å². The van der Waals surface area contributed by atoms with E-state index in [1.807, 2.05) is 12.1 Å². The Hall–Kier alpha value is -0.540. The highest BCUT2D eigenvalue weighted by atomic mass is 79.9. The minimum absolute atomic E-state index is 0.113. The summed E-state index contributed by atoms with van der Waals surface area (Å²) in [6, 6.07) is 6.16. The first-order valence-corrected chi connectivity index (χ1v) is 7.50. The lowest BCUT2D eigenvalue weighted by atomic mass is 9.77. The van der Waals surface area contributed by atoms with Crippen molar-refractivity contribution in [1.29, 1.82) is 0 Å². The second-order valence-corrected chi connectivity index (χ2v) is 6.29. The number of rotatable bonds is 3. The molecule has 1 aromatic carbocycles. The van der Waals surface area contributed by atoms with Crippen LogP contribution in [-0.2, 0) is 0 Å². The molecule has 0 radical (unpaired) electrons. The Morgan fingerprint density at radius 1 is 1.28 bits per heavy atom. The molecular weight excluding hydrogens is 290 g/mol. The number of methoxy groups -OCH3 is 1. The number of hydrogen-bond acceptors (Lipinski definition) is 2. The smallest absolute Gasteiger partial charge is 0.119 e. The monoisotopic (exact) mass is 311 g/mol. The Balaban J connectivity index is 2.14. The predicted molar refractivity (Wildman–Crippen MR) is 78.7 cm³/mol. The van der Waals surface area contributed by atoms with E-state index in [1.165, 1.54) is 31.2 Å². The van der Waals surface area contributed by atoms with Crippen molar-refractivity contribution in [3.05, 3.63) is 28.2 Å². The topological polar surface area (TPSA) is 35.2 Å². The molecule has 3 heteroatoms. The maximum absolute atomic E-state index is 6.45. The average Bonchev–Trinajstić information content (AvgIpc) is 2.39. The van der Waals surface area contributed by atoms with E-state index in [9.17, 15) is 0 Å². The molecule has 1 aliphatic rings. The molecule has 0 amide bonds. The number of benzene rings is 1. The van der Waals surface area contributed by atoms with Gasteiger partial charge >= 0.3 is 0 Å². The Labute approximate surface area is 118 Å². The summed E-state index contributed by atoms with van der Waals surface area (Å²) in [5.41, 5.74) is 7.63. The van der Waals surface area contributed by atoms with Crippen molar-refractivity contribution in [3.63, 3.8) is 0 Å². The van der Waals surface area contributed by atoms with Crippen molar-refractivity contribution in [2.24, 2.45) is 17.6 Å². The third-order valence-corrected chi connectivity index (χ3v) is 4.85. The summed E-state index contributed by atoms with van der Waals surface area (Å²) in [4.78, 5) is 0. The molecular formula is C15H22BrNO. The van der Waals surface area contributed by atoms with E-state index in [4.69, 9.17) is 10.5 Å². The van der Waals surface area contributed by atoms with Crippen molar-refractivity contribution >= 4 is 15.9 Å². The molecule has 0 saturated heterocycles. The van der Waals surface area contributed by atoms with Crippen LogP contribution in [0.3, 0.4) is 0 Å². The van der Waals surface area contributed by atoms with Crippen LogP contribution in [0.15, 0.2) is 22.7 Å². The standard InChI is InChI=1S/C15H22BrNO/c1-10-3-5-11(6-4-10)15(17)13-9-12(18-2)7-8-14(13)16/h7-11,15H,3-6,17H2,1-2H3. The molecule has 2 nitrogen and oxygen atoms in total. The van der Waals surface area contributed by atoms with Gasteiger partial charge in [-0.25, -0.2) is 0 Å². The molecule has 1 fully saturated rings. The van der Waals surface area contributed by atoms with Gasteiger partial charge in [-0.05, 0) is 48.4 Å². The third-order valence-electron chi connectivity index (χ3n) is 4.13. The number of nitrogens with two attached hydrogens (primary N) is 1. The van der Waals surface area contributed by atoms with E-state index in [-0.39, 0.29) is 6.04 Å². The SMILES string of the molecule is COc1ccc(Br)c(C(N)C2CCC(C)CC2)c1. The highest BCUT2D eigenvalue weighted by Gasteiger charge is 2.26. The van der Waals surface area contributed by atoms with Crippen molar-refractivity contribution in [2.75, 3.05) is 7.11 Å². The molecule has 0 bridgehead atoms. The molecule has 1 aliphatic carbocycles. The molecule has 18 heavy (non-hydrogen) atoms. The number of ether oxygens (including phenoxy) is 1. The molecule has 2 N–H and O–H groups in total. The summed E-state index contributed by atoms with van der Waals surface area (Å²) in [7, 11) is 1.70. The van der Waals surface area contributed by atoms with Crippen molar-refractivity contribution in [3.8, 4) is 5.75 Å². The van der Waals surface area contributed by atoms with Crippen LogP contribution in [0.1, 0.15) is 44.2 Å². The van der Waals surface area contributed by atoms with Gasteiger partial charge in [-0.1, -0.05) is 35.7 Å². The van der Waals surface area contributed by atoms with Crippen molar-refractivity contribution in [1.82, 2.24) is 0 Å². The van der Waals surface area contributed by atoms with E-state index in [0.29, 0.717) is 5.92 Å². The maximum Gasteiger partial charge on any atom is 0.119 e. The molecule has 100 valence electrons. The molecule has 0 aliphatic heterocycles. The summed E-state index contributed by atoms with van der Waals surface area (Å²) >= 11 is 3.60. The first kappa shape index (κ1) is 13.9. The van der Waals surface area contributed by atoms with Gasteiger partial charge in [0.05, 0.1) is 7.11 Å². The average molecular weight is 312 g/mol. The fraction of sp³-hybridized carbons (Fsp3) is 0.600. The molecule has 0 spiro atoms. The Morgan fingerprint density at radius 2 is 1.94 bits per heavy atom. The summed E-state index contributed by atoms with van der Waals surface area (Å²) in [5.74, 6) is 2.35. The van der Waals surface area contributed by atoms with Crippen LogP contribution in [0.2, 0.25) is 0 Å². The van der Waals surface area contributed by atoms with Crippen molar-refractivity contribution < 1.29 is 4.74 Å². The molecule has 1 saturated carbocycles. The third kappa shape index (κ3) is 3.07. The van der Waals surface area contributed by atoms with Crippen LogP contribution in [0.4, 0.5) is 0 Å². The molecule has 1 unspecified atom stereocenters. The Morgan fingerprint density at radius 3 is 2.56 bits per heavy atom. The fourth-order valence-corrected chi connectivity index (χ4v) is 3.31. The van der Waals surface area contributed by atoms with Crippen LogP contribution in [0.25, 0.3) is 0 Å². The molecule has 0 heterocycles. The second-order valence-electron chi connectivity index (χ2n) is 5.43. The molecule has 1 aromatic rings. The van der Waals surface area contributed by atoms with E-state index in [2.05, 4.69) is 28.9 Å². The zero-order valence-corrected chi connectivity index (χ0v) is 12.7. The minimum Gasteiger partial charge on any atom is -0.497 e. The van der Waals surface area contributed by atoms with Gasteiger partial charge in [0, 0.05) is 10.5 Å². The first-order valence-electron chi connectivity index (χ1n) is 6.71. The van der Waals surface area contributed by atoms with Gasteiger partial charge in [0.2, 0.25) is 0 Å². The fourth-order valence-electron chi connectivity index (χ4n) is 2.80. The quantitative estimate of drug-likeness (QED) is 0.904. The lowest BCUT2D eigenvalue weighted by Crippen LogP contribution is -2.25. The van der Waals surface area contributed by atoms with Crippen LogP contribution < -0.4 is 10.5 Å². The largest absolute Gasteiger partial charge is 0.497 e. The summed E-state index contributed by atoms with van der Waals surface area (Å²) in [6.07, 6.45) is 5.10. The van der Waals surface area contributed by atoms with E-state index >= 15 is 0 Å². The van der Waals surface area contributed by atoms with Crippen molar-refractivity contribution in [2.45, 2.75) is 38.6 Å². The zero-order chi connectivity index (χ0) is 13.1. The zero-order valence-electron chi connectivity index (χ0n) is 11.2. The maximum atomic E-state index is 6.45. The highest BCUT2D eigenvalue weighted by Crippen LogP contribution is 2.38. The van der Waals surface area contributed by atoms with Gasteiger partial charge in [0.25, 0.3) is 0 Å². The van der Waals surface area contributed by atoms with Gasteiger partial charge in [0.15, 0.2) is 0 Å². The van der Waals surface area contributed by atoms with Gasteiger partial charge < -0.3 is 10.5 Å². The van der Waals surface area contributed by atoms with Gasteiger partial charge in [0.1, 0.15) is 5.75 Å². The molecule has 0 aromatic heterocycles. The van der Waals surface area contributed by atoms with E-state index in [0.717, 1.165) is 16.1 Å². The second kappa shape index (κ2) is 6.07. The van der Waals surface area contributed by atoms with Crippen LogP contribution in [0, 0.1) is 11.8 Å². The minimum atomic E-state index is 0.113. The summed E-state index contributed by atoms with van der Waals surface area (Å²) in [5, 5.41) is 0. The van der Waals surface area contributed by atoms with Crippen LogP contribution in [0.5, 0.6) is 5.75 Å². The van der Waals surface area contributed by atoms with Crippen LogP contribution in [-0.4, -0.2) is 7.11 Å². The Kier molecular flexibility index (Phi) is 4.68. The van der Waals surface area contributed by atoms with Gasteiger partial charge in [-0.3, -0.25) is 0 Å². The number of halogens is 1. The lowest BCUT2D eigenvalue weighted by molar-refractivity contribution is 0.255. The summed E-state index contributed by atoms with van der Waals surface area (Å²) < 4.78 is 6.38. The van der Waals surface area contributed by atoms with Gasteiger partial charge in [-0.2, -0.15) is 0 Å². The summed E-state index contributed by atoms with van der Waals surface area (Å²) in [6.45, 7) is 2.34. The Bertz CT molecular complexity index is 399. The molecule has 1 atom stereocenters. The first-order chi connectivity index (χ1) is 8.61. The number of hydrogen-bond donors (Lipinski definition) is 1.